The largest absolute Gasteiger partial charge is 0.340 e. The first-order chi connectivity index (χ1) is 9.54. The number of aryl methyl sites for hydroxylation is 1. The van der Waals surface area contributed by atoms with E-state index in [1.807, 2.05) is 31.2 Å². The van der Waals surface area contributed by atoms with Gasteiger partial charge in [0.05, 0.1) is 10.2 Å². The van der Waals surface area contributed by atoms with Crippen molar-refractivity contribution in [2.24, 2.45) is 0 Å². The van der Waals surface area contributed by atoms with Gasteiger partial charge >= 0.3 is 0 Å². The number of halogens is 2. The molecule has 20 heavy (non-hydrogen) atoms. The van der Waals surface area contributed by atoms with E-state index in [4.69, 9.17) is 11.6 Å². The smallest absolute Gasteiger partial charge is 0.173 e. The maximum absolute atomic E-state index is 6.07. The van der Waals surface area contributed by atoms with E-state index in [-0.39, 0.29) is 0 Å². The molecule has 3 rings (SSSR count). The van der Waals surface area contributed by atoms with Gasteiger partial charge in [-0.05, 0) is 47.1 Å². The van der Waals surface area contributed by atoms with Crippen molar-refractivity contribution in [2.45, 2.75) is 11.8 Å². The van der Waals surface area contributed by atoms with Crippen molar-refractivity contribution in [3.63, 3.8) is 0 Å². The van der Waals surface area contributed by atoms with E-state index in [2.05, 4.69) is 44.0 Å². The molecule has 0 atom stereocenters. The second kappa shape index (κ2) is 5.27. The van der Waals surface area contributed by atoms with Crippen molar-refractivity contribution in [3.8, 4) is 0 Å². The SMILES string of the molecule is Cc1nn2c(Nc3ccc(S)cc3)cc(Cl)nc2c1Br. The molecule has 0 saturated heterocycles. The van der Waals surface area contributed by atoms with Crippen LogP contribution in [0.5, 0.6) is 0 Å². The number of nitrogens with zero attached hydrogens (tertiary/aromatic N) is 3. The predicted molar refractivity (Wildman–Crippen MR) is 87.4 cm³/mol. The van der Waals surface area contributed by atoms with Crippen molar-refractivity contribution in [1.82, 2.24) is 14.6 Å². The monoisotopic (exact) mass is 368 g/mol. The lowest BCUT2D eigenvalue weighted by Crippen LogP contribution is -2.01. The lowest BCUT2D eigenvalue weighted by atomic mass is 10.3. The molecule has 7 heteroatoms. The molecule has 0 aliphatic carbocycles. The van der Waals surface area contributed by atoms with Crippen molar-refractivity contribution in [1.29, 1.82) is 0 Å². The molecule has 0 fully saturated rings. The highest BCUT2D eigenvalue weighted by molar-refractivity contribution is 9.10. The second-order valence-electron chi connectivity index (χ2n) is 4.27. The molecule has 2 heterocycles. The fourth-order valence-electron chi connectivity index (χ4n) is 1.85. The number of hydrogen-bond acceptors (Lipinski definition) is 4. The van der Waals surface area contributed by atoms with Gasteiger partial charge in [-0.3, -0.25) is 0 Å². The summed E-state index contributed by atoms with van der Waals surface area (Å²) in [6.45, 7) is 1.91. The van der Waals surface area contributed by atoms with Crippen LogP contribution < -0.4 is 5.32 Å². The summed E-state index contributed by atoms with van der Waals surface area (Å²) < 4.78 is 2.56. The molecule has 0 saturated carbocycles. The molecule has 1 aromatic carbocycles. The third-order valence-electron chi connectivity index (χ3n) is 2.80. The maximum Gasteiger partial charge on any atom is 0.173 e. The van der Waals surface area contributed by atoms with Gasteiger partial charge in [-0.25, -0.2) is 4.98 Å². The molecule has 0 amide bonds. The second-order valence-corrected chi connectivity index (χ2v) is 5.97. The Labute approximate surface area is 134 Å². The number of nitrogens with one attached hydrogen (secondary N) is 1. The molecule has 102 valence electrons. The van der Waals surface area contributed by atoms with Gasteiger partial charge in [0.1, 0.15) is 11.0 Å². The number of thiol groups is 1. The van der Waals surface area contributed by atoms with Crippen molar-refractivity contribution < 1.29 is 0 Å². The highest BCUT2D eigenvalue weighted by atomic mass is 79.9. The molecule has 1 N–H and O–H groups in total. The number of anilines is 2. The first-order valence-electron chi connectivity index (χ1n) is 5.82. The topological polar surface area (TPSA) is 42.2 Å². The quantitative estimate of drug-likeness (QED) is 0.517. The minimum absolute atomic E-state index is 0.409. The Hall–Kier alpha value is -1.24. The van der Waals surface area contributed by atoms with E-state index in [1.54, 1.807) is 10.6 Å². The summed E-state index contributed by atoms with van der Waals surface area (Å²) in [6, 6.07) is 9.44. The van der Waals surface area contributed by atoms with E-state index in [0.717, 1.165) is 26.6 Å². The first kappa shape index (κ1) is 13.7. The molecule has 0 aliphatic rings. The lowest BCUT2D eigenvalue weighted by molar-refractivity contribution is 0.924. The van der Waals surface area contributed by atoms with E-state index < -0.39 is 0 Å². The van der Waals surface area contributed by atoms with Crippen LogP contribution in [0.4, 0.5) is 11.5 Å². The summed E-state index contributed by atoms with van der Waals surface area (Å²) in [6.07, 6.45) is 0. The number of rotatable bonds is 2. The molecule has 0 aliphatic heterocycles. The molecule has 0 unspecified atom stereocenters. The van der Waals surface area contributed by atoms with Crippen LogP contribution in [0, 0.1) is 6.92 Å². The normalized spacial score (nSPS) is 11.0. The Morgan fingerprint density at radius 1 is 1.30 bits per heavy atom. The molecular weight excluding hydrogens is 360 g/mol. The van der Waals surface area contributed by atoms with Gasteiger partial charge in [0.15, 0.2) is 5.65 Å². The molecule has 0 bridgehead atoms. The van der Waals surface area contributed by atoms with Crippen LogP contribution in [0.25, 0.3) is 5.65 Å². The first-order valence-corrected chi connectivity index (χ1v) is 7.44. The van der Waals surface area contributed by atoms with Crippen LogP contribution in [0.3, 0.4) is 0 Å². The van der Waals surface area contributed by atoms with Crippen LogP contribution in [-0.4, -0.2) is 14.6 Å². The molecular formula is C13H10BrClN4S. The minimum Gasteiger partial charge on any atom is -0.340 e. The van der Waals surface area contributed by atoms with Gasteiger partial charge in [0, 0.05) is 16.6 Å². The fourth-order valence-corrected chi connectivity index (χ4v) is 2.52. The van der Waals surface area contributed by atoms with E-state index in [0.29, 0.717) is 10.8 Å². The average molecular weight is 370 g/mol. The maximum atomic E-state index is 6.07. The Bertz CT molecular complexity index is 785. The van der Waals surface area contributed by atoms with Crippen LogP contribution in [0.2, 0.25) is 5.15 Å². The van der Waals surface area contributed by atoms with Crippen LogP contribution in [0.15, 0.2) is 39.7 Å². The average Bonchev–Trinajstić information content (AvgIpc) is 2.69. The van der Waals surface area contributed by atoms with Gasteiger partial charge in [-0.15, -0.1) is 12.6 Å². The zero-order valence-corrected chi connectivity index (χ0v) is 13.7. The summed E-state index contributed by atoms with van der Waals surface area (Å²) in [5.74, 6) is 0.751. The fraction of sp³-hybridized carbons (Fsp3) is 0.0769. The summed E-state index contributed by atoms with van der Waals surface area (Å²) in [5.41, 5.74) is 2.47. The number of benzene rings is 1. The van der Waals surface area contributed by atoms with Gasteiger partial charge in [-0.2, -0.15) is 9.61 Å². The lowest BCUT2D eigenvalue weighted by Gasteiger charge is -2.09. The summed E-state index contributed by atoms with van der Waals surface area (Å²) in [4.78, 5) is 5.19. The standard InChI is InChI=1S/C13H10BrClN4S/c1-7-12(14)13-17-10(15)6-11(19(13)18-7)16-8-2-4-9(20)5-3-8/h2-6,16,20H,1H3. The molecule has 4 nitrogen and oxygen atoms in total. The zero-order valence-electron chi connectivity index (χ0n) is 10.4. The van der Waals surface area contributed by atoms with Crippen molar-refractivity contribution in [2.75, 3.05) is 5.32 Å². The highest BCUT2D eigenvalue weighted by Crippen LogP contribution is 2.27. The number of aromatic nitrogens is 3. The van der Waals surface area contributed by atoms with Gasteiger partial charge in [0.2, 0.25) is 0 Å². The summed E-state index contributed by atoms with van der Waals surface area (Å²) in [5, 5.41) is 8.12. The van der Waals surface area contributed by atoms with E-state index in [9.17, 15) is 0 Å². The highest BCUT2D eigenvalue weighted by Gasteiger charge is 2.12. The van der Waals surface area contributed by atoms with Crippen molar-refractivity contribution >= 4 is 57.3 Å². The molecule has 0 spiro atoms. The zero-order chi connectivity index (χ0) is 14.3. The Morgan fingerprint density at radius 3 is 2.70 bits per heavy atom. The van der Waals surface area contributed by atoms with E-state index >= 15 is 0 Å². The van der Waals surface area contributed by atoms with Crippen LogP contribution in [0.1, 0.15) is 5.69 Å². The predicted octanol–water partition coefficient (Wildman–Crippen LogP) is 4.49. The third kappa shape index (κ3) is 2.51. The van der Waals surface area contributed by atoms with Gasteiger partial charge < -0.3 is 5.32 Å². The van der Waals surface area contributed by atoms with Gasteiger partial charge in [0.25, 0.3) is 0 Å². The van der Waals surface area contributed by atoms with Crippen LogP contribution in [-0.2, 0) is 0 Å². The molecule has 2 aromatic heterocycles. The Kier molecular flexibility index (Phi) is 3.62. The number of fused-ring (bicyclic) bond motifs is 1. The summed E-state index contributed by atoms with van der Waals surface area (Å²) >= 11 is 13.8. The third-order valence-corrected chi connectivity index (χ3v) is 4.22. The molecule has 0 radical (unpaired) electrons. The minimum atomic E-state index is 0.409. The van der Waals surface area contributed by atoms with E-state index in [1.165, 1.54) is 0 Å². The Morgan fingerprint density at radius 2 is 2.00 bits per heavy atom. The number of hydrogen-bond donors (Lipinski definition) is 2. The summed E-state index contributed by atoms with van der Waals surface area (Å²) in [7, 11) is 0. The van der Waals surface area contributed by atoms with Crippen molar-refractivity contribution in [3.05, 3.63) is 45.7 Å². The Balaban J connectivity index is 2.11. The van der Waals surface area contributed by atoms with Gasteiger partial charge in [-0.1, -0.05) is 11.6 Å². The molecule has 3 aromatic rings. The van der Waals surface area contributed by atoms with Crippen LogP contribution >= 0.6 is 40.2 Å².